The van der Waals surface area contributed by atoms with Crippen molar-refractivity contribution in [1.82, 2.24) is 20.1 Å². The van der Waals surface area contributed by atoms with Gasteiger partial charge in [-0.2, -0.15) is 0 Å². The fourth-order valence-electron chi connectivity index (χ4n) is 3.51. The highest BCUT2D eigenvalue weighted by Gasteiger charge is 2.30. The van der Waals surface area contributed by atoms with Gasteiger partial charge in [-0.05, 0) is 36.5 Å². The van der Waals surface area contributed by atoms with Crippen LogP contribution in [-0.2, 0) is 30.7 Å². The van der Waals surface area contributed by atoms with Crippen molar-refractivity contribution in [3.05, 3.63) is 46.0 Å². The number of nitrogens with zero attached hydrogens (tertiary/aromatic N) is 3. The number of benzene rings is 1. The number of halogens is 1. The molecule has 114 valence electrons. The van der Waals surface area contributed by atoms with E-state index in [1.807, 2.05) is 18.2 Å². The molecule has 0 saturated heterocycles. The van der Waals surface area contributed by atoms with E-state index in [4.69, 9.17) is 11.6 Å². The number of carbonyl (C=O) groups excluding carboxylic acids is 1. The van der Waals surface area contributed by atoms with Gasteiger partial charge in [-0.25, -0.2) is 0 Å². The summed E-state index contributed by atoms with van der Waals surface area (Å²) in [4.78, 5) is 12.5. The lowest BCUT2D eigenvalue weighted by Gasteiger charge is -2.12. The predicted molar refractivity (Wildman–Crippen MR) is 82.7 cm³/mol. The van der Waals surface area contributed by atoms with Crippen LogP contribution < -0.4 is 5.32 Å². The maximum Gasteiger partial charge on any atom is 0.227 e. The molecule has 2 aromatic rings. The topological polar surface area (TPSA) is 59.8 Å². The molecular weight excluding hydrogens is 300 g/mol. The minimum Gasteiger partial charge on any atom is -0.348 e. The molecule has 0 bridgehead atoms. The standard InChI is InChI=1S/C16H17ClN4O/c17-13-4-1-3-10-11(13)6-7-12(10)16(22)18-9-15-20-19-14-5-2-8-21(14)15/h1,3-4,12H,2,5-9H2,(H,18,22). The first kappa shape index (κ1) is 13.8. The van der Waals surface area contributed by atoms with Gasteiger partial charge in [0.1, 0.15) is 5.82 Å². The summed E-state index contributed by atoms with van der Waals surface area (Å²) < 4.78 is 2.11. The molecule has 2 heterocycles. The molecule has 0 radical (unpaired) electrons. The second-order valence-electron chi connectivity index (χ2n) is 5.90. The minimum absolute atomic E-state index is 0.0522. The zero-order valence-electron chi connectivity index (χ0n) is 12.2. The van der Waals surface area contributed by atoms with Crippen LogP contribution in [0.15, 0.2) is 18.2 Å². The van der Waals surface area contributed by atoms with Crippen LogP contribution in [0.1, 0.15) is 41.5 Å². The van der Waals surface area contributed by atoms with Gasteiger partial charge < -0.3 is 9.88 Å². The lowest BCUT2D eigenvalue weighted by Crippen LogP contribution is -2.29. The van der Waals surface area contributed by atoms with Crippen LogP contribution in [0.4, 0.5) is 0 Å². The summed E-state index contributed by atoms with van der Waals surface area (Å²) in [7, 11) is 0. The van der Waals surface area contributed by atoms with Gasteiger partial charge in [0.25, 0.3) is 0 Å². The van der Waals surface area contributed by atoms with Crippen molar-refractivity contribution >= 4 is 17.5 Å². The van der Waals surface area contributed by atoms with Gasteiger partial charge >= 0.3 is 0 Å². The number of amides is 1. The van der Waals surface area contributed by atoms with Gasteiger partial charge in [-0.15, -0.1) is 10.2 Å². The van der Waals surface area contributed by atoms with Crippen molar-refractivity contribution in [2.24, 2.45) is 0 Å². The van der Waals surface area contributed by atoms with E-state index in [0.717, 1.165) is 60.0 Å². The summed E-state index contributed by atoms with van der Waals surface area (Å²) in [5, 5.41) is 12.1. The lowest BCUT2D eigenvalue weighted by atomic mass is 10.0. The van der Waals surface area contributed by atoms with Crippen LogP contribution in [-0.4, -0.2) is 20.7 Å². The van der Waals surface area contributed by atoms with Crippen LogP contribution in [0.25, 0.3) is 0 Å². The number of nitrogens with one attached hydrogen (secondary N) is 1. The van der Waals surface area contributed by atoms with Gasteiger partial charge in [0.05, 0.1) is 12.5 Å². The second-order valence-corrected chi connectivity index (χ2v) is 6.31. The molecule has 5 nitrogen and oxygen atoms in total. The maximum atomic E-state index is 12.5. The second kappa shape index (κ2) is 5.39. The van der Waals surface area contributed by atoms with E-state index in [2.05, 4.69) is 20.1 Å². The largest absolute Gasteiger partial charge is 0.348 e. The molecule has 1 unspecified atom stereocenters. The van der Waals surface area contributed by atoms with Crippen LogP contribution in [0.5, 0.6) is 0 Å². The fraction of sp³-hybridized carbons (Fsp3) is 0.438. The molecule has 1 N–H and O–H groups in total. The predicted octanol–water partition coefficient (Wildman–Crippen LogP) is 2.22. The van der Waals surface area contributed by atoms with Gasteiger partial charge in [0.15, 0.2) is 5.82 Å². The molecule has 0 spiro atoms. The molecule has 1 aliphatic heterocycles. The molecule has 2 aliphatic rings. The van der Waals surface area contributed by atoms with Crippen molar-refractivity contribution < 1.29 is 4.79 Å². The lowest BCUT2D eigenvalue weighted by molar-refractivity contribution is -0.122. The number of aryl methyl sites for hydroxylation is 1. The molecule has 1 aromatic carbocycles. The Kier molecular flexibility index (Phi) is 3.37. The summed E-state index contributed by atoms with van der Waals surface area (Å²) in [5.41, 5.74) is 2.18. The van der Waals surface area contributed by atoms with Crippen molar-refractivity contribution in [2.75, 3.05) is 0 Å². The molecular formula is C16H17ClN4O. The Morgan fingerprint density at radius 3 is 3.18 bits per heavy atom. The quantitative estimate of drug-likeness (QED) is 0.944. The molecule has 1 aliphatic carbocycles. The minimum atomic E-state index is -0.102. The normalized spacial score (nSPS) is 19.0. The molecule has 6 heteroatoms. The highest BCUT2D eigenvalue weighted by Crippen LogP contribution is 2.37. The molecule has 1 amide bonds. The average molecular weight is 317 g/mol. The number of hydrogen-bond donors (Lipinski definition) is 1. The van der Waals surface area contributed by atoms with Crippen molar-refractivity contribution in [2.45, 2.75) is 44.7 Å². The van der Waals surface area contributed by atoms with Crippen LogP contribution >= 0.6 is 11.6 Å². The van der Waals surface area contributed by atoms with E-state index < -0.39 is 0 Å². The number of carbonyl (C=O) groups is 1. The monoisotopic (exact) mass is 316 g/mol. The third-order valence-corrected chi connectivity index (χ3v) is 4.99. The first-order valence-electron chi connectivity index (χ1n) is 7.70. The van der Waals surface area contributed by atoms with Gasteiger partial charge in [0.2, 0.25) is 5.91 Å². The summed E-state index contributed by atoms with van der Waals surface area (Å²) in [6.07, 6.45) is 3.78. The highest BCUT2D eigenvalue weighted by atomic mass is 35.5. The van der Waals surface area contributed by atoms with Crippen molar-refractivity contribution in [3.8, 4) is 0 Å². The molecule has 4 rings (SSSR count). The van der Waals surface area contributed by atoms with Gasteiger partial charge in [-0.1, -0.05) is 23.7 Å². The number of fused-ring (bicyclic) bond motifs is 2. The van der Waals surface area contributed by atoms with Crippen molar-refractivity contribution in [3.63, 3.8) is 0 Å². The van der Waals surface area contributed by atoms with Crippen LogP contribution in [0.2, 0.25) is 5.02 Å². The van der Waals surface area contributed by atoms with E-state index in [-0.39, 0.29) is 11.8 Å². The number of aromatic nitrogens is 3. The highest BCUT2D eigenvalue weighted by molar-refractivity contribution is 6.31. The third-order valence-electron chi connectivity index (χ3n) is 4.64. The Morgan fingerprint density at radius 2 is 2.27 bits per heavy atom. The molecule has 0 fully saturated rings. The SMILES string of the molecule is O=C(NCc1nnc2n1CCC2)C1CCc2c(Cl)cccc21. The maximum absolute atomic E-state index is 12.5. The van der Waals surface area contributed by atoms with Crippen LogP contribution in [0.3, 0.4) is 0 Å². The summed E-state index contributed by atoms with van der Waals surface area (Å²) in [6, 6.07) is 5.81. The molecule has 1 atom stereocenters. The first-order chi connectivity index (χ1) is 10.7. The summed E-state index contributed by atoms with van der Waals surface area (Å²) in [5.74, 6) is 1.83. The Hall–Kier alpha value is -1.88. The number of hydrogen-bond acceptors (Lipinski definition) is 3. The molecule has 1 aromatic heterocycles. The third kappa shape index (κ3) is 2.20. The first-order valence-corrected chi connectivity index (χ1v) is 8.08. The molecule has 22 heavy (non-hydrogen) atoms. The smallest absolute Gasteiger partial charge is 0.227 e. The Morgan fingerprint density at radius 1 is 1.36 bits per heavy atom. The van der Waals surface area contributed by atoms with E-state index in [1.165, 1.54) is 0 Å². The van der Waals surface area contributed by atoms with E-state index in [9.17, 15) is 4.79 Å². The van der Waals surface area contributed by atoms with E-state index >= 15 is 0 Å². The Labute approximate surface area is 133 Å². The zero-order valence-corrected chi connectivity index (χ0v) is 12.9. The zero-order chi connectivity index (χ0) is 15.1. The van der Waals surface area contributed by atoms with Gasteiger partial charge in [0, 0.05) is 18.0 Å². The summed E-state index contributed by atoms with van der Waals surface area (Å²) in [6.45, 7) is 1.40. The number of rotatable bonds is 3. The van der Waals surface area contributed by atoms with E-state index in [1.54, 1.807) is 0 Å². The Balaban J connectivity index is 1.47. The Bertz CT molecular complexity index is 740. The van der Waals surface area contributed by atoms with Gasteiger partial charge in [-0.3, -0.25) is 4.79 Å². The van der Waals surface area contributed by atoms with Crippen LogP contribution in [0, 0.1) is 0 Å². The molecule has 0 saturated carbocycles. The van der Waals surface area contributed by atoms with E-state index in [0.29, 0.717) is 6.54 Å². The van der Waals surface area contributed by atoms with Crippen molar-refractivity contribution in [1.29, 1.82) is 0 Å². The average Bonchev–Trinajstić information content (AvgIpc) is 3.21. The summed E-state index contributed by atoms with van der Waals surface area (Å²) >= 11 is 6.21. The fourth-order valence-corrected chi connectivity index (χ4v) is 3.79.